The van der Waals surface area contributed by atoms with Crippen molar-refractivity contribution in [2.75, 3.05) is 51.5 Å². The Labute approximate surface area is 389 Å². The highest BCUT2D eigenvalue weighted by Gasteiger charge is 2.85. The number of nitrogens with one attached hydrogen (secondary N) is 5. The summed E-state index contributed by atoms with van der Waals surface area (Å²) in [4.78, 5) is 58.9. The molecule has 6 atom stereocenters. The highest BCUT2D eigenvalue weighted by atomic mass is 16.7. The van der Waals surface area contributed by atoms with E-state index in [-0.39, 0.29) is 47.3 Å². The molecule has 3 aromatic rings. The molecule has 0 spiro atoms. The van der Waals surface area contributed by atoms with Crippen LogP contribution >= 0.6 is 0 Å². The van der Waals surface area contributed by atoms with Gasteiger partial charge in [-0.2, -0.15) is 0 Å². The second-order valence-electron chi connectivity index (χ2n) is 19.6. The first kappa shape index (κ1) is 46.8. The van der Waals surface area contributed by atoms with Crippen LogP contribution in [0.4, 0.5) is 11.6 Å². The number of ketones is 2. The lowest BCUT2D eigenvalue weighted by Gasteiger charge is -2.36. The fourth-order valence-electron chi connectivity index (χ4n) is 10.9. The molecule has 2 fully saturated rings. The van der Waals surface area contributed by atoms with Gasteiger partial charge in [0.05, 0.1) is 18.8 Å². The normalized spacial score (nSPS) is 27.7. The Morgan fingerprint density at radius 1 is 1.14 bits per heavy atom. The minimum absolute atomic E-state index is 0.00628. The van der Waals surface area contributed by atoms with Crippen LogP contribution in [0.25, 0.3) is 0 Å². The topological polar surface area (TPSA) is 197 Å². The number of esters is 1. The lowest BCUT2D eigenvalue weighted by molar-refractivity contribution is -0.150. The summed E-state index contributed by atoms with van der Waals surface area (Å²) in [5, 5.41) is 17.1. The molecule has 0 saturated carbocycles. The predicted octanol–water partition coefficient (Wildman–Crippen LogP) is 6.36. The van der Waals surface area contributed by atoms with Crippen LogP contribution in [-0.4, -0.2) is 91.2 Å². The van der Waals surface area contributed by atoms with Crippen LogP contribution < -0.4 is 32.3 Å². The van der Waals surface area contributed by atoms with Gasteiger partial charge >= 0.3 is 5.97 Å². The smallest absolute Gasteiger partial charge is 0.350 e. The molecule has 0 amide bonds. The Kier molecular flexibility index (Phi) is 13.7. The standard InChI is InChI=1S/C52H67N9O5/c1-7-56-41-25-36-13-9-8-12-35(36)24-38(41)31-65-47(64)52-46(63)44-37(29-49(3,4)28-34-16-17-42(53)59-30-34)14-10-15-40(44)45(62)51(52,66-52)21-18-33(2)27-50(20-11-22-58-48(55-6)61-50)39-19-23-57-43(26-39)60-32-54-5/h9-10,13-19,23,25-26,30,35,38,41,54,56H,7-8,11-12,20-22,24,27-29,31-32H2,1-6H3,(H2,53,59)(H,57,60)(H2,55,58,61). The van der Waals surface area contributed by atoms with E-state index in [1.807, 2.05) is 44.3 Å². The van der Waals surface area contributed by atoms with Crippen molar-refractivity contribution >= 4 is 35.1 Å². The zero-order valence-electron chi connectivity index (χ0n) is 39.4. The van der Waals surface area contributed by atoms with Gasteiger partial charge in [0.15, 0.2) is 17.3 Å². The molecule has 6 unspecified atom stereocenters. The van der Waals surface area contributed by atoms with E-state index in [0.29, 0.717) is 49.2 Å². The van der Waals surface area contributed by atoms with Crippen LogP contribution in [-0.2, 0) is 32.6 Å². The number of guanidine groups is 1. The number of Topliss-reactive ketones (excluding diaryl/α,β-unsaturated/α-hetero) is 2. The number of fused-ring (bicyclic) bond motifs is 3. The van der Waals surface area contributed by atoms with Crippen molar-refractivity contribution in [3.8, 4) is 0 Å². The number of nitrogen functional groups attached to an aromatic ring is 1. The number of hydrogen-bond acceptors (Lipinski definition) is 12. The van der Waals surface area contributed by atoms with Gasteiger partial charge in [0, 0.05) is 55.5 Å². The van der Waals surface area contributed by atoms with E-state index in [1.165, 1.54) is 5.57 Å². The molecule has 8 rings (SSSR count). The van der Waals surface area contributed by atoms with Crippen LogP contribution in [0, 0.1) is 17.3 Å². The van der Waals surface area contributed by atoms with E-state index in [1.54, 1.807) is 31.6 Å². The molecular formula is C52H67N9O5. The minimum atomic E-state index is -2.13. The third kappa shape index (κ3) is 9.19. The highest BCUT2D eigenvalue weighted by molar-refractivity contribution is 6.33. The third-order valence-corrected chi connectivity index (χ3v) is 14.2. The van der Waals surface area contributed by atoms with E-state index < -0.39 is 28.5 Å². The first-order valence-electron chi connectivity index (χ1n) is 23.7. The molecule has 2 saturated heterocycles. The van der Waals surface area contributed by atoms with Crippen molar-refractivity contribution in [3.63, 3.8) is 0 Å². The molecule has 0 radical (unpaired) electrons. The van der Waals surface area contributed by atoms with E-state index >= 15 is 9.59 Å². The van der Waals surface area contributed by atoms with Gasteiger partial charge in [0.1, 0.15) is 11.6 Å². The second-order valence-corrected chi connectivity index (χ2v) is 19.6. The van der Waals surface area contributed by atoms with Crippen molar-refractivity contribution in [1.82, 2.24) is 31.2 Å². The second kappa shape index (κ2) is 19.3. The summed E-state index contributed by atoms with van der Waals surface area (Å²) in [6.45, 7) is 10.5. The summed E-state index contributed by atoms with van der Waals surface area (Å²) in [6, 6.07) is 13.2. The summed E-state index contributed by atoms with van der Waals surface area (Å²) < 4.78 is 12.8. The predicted molar refractivity (Wildman–Crippen MR) is 258 cm³/mol. The van der Waals surface area contributed by atoms with Gasteiger partial charge in [-0.25, -0.2) is 14.8 Å². The molecule has 14 heteroatoms. The van der Waals surface area contributed by atoms with Gasteiger partial charge in [-0.3, -0.25) is 14.6 Å². The number of carbonyl (C=O) groups is 3. The van der Waals surface area contributed by atoms with Crippen LogP contribution in [0.15, 0.2) is 95.3 Å². The Morgan fingerprint density at radius 3 is 2.76 bits per heavy atom. The first-order valence-corrected chi connectivity index (χ1v) is 23.7. The number of benzene rings is 1. The molecule has 2 aliphatic heterocycles. The quantitative estimate of drug-likeness (QED) is 0.0288. The van der Waals surface area contributed by atoms with E-state index in [9.17, 15) is 4.79 Å². The first-order chi connectivity index (χ1) is 31.8. The zero-order chi connectivity index (χ0) is 46.7. The zero-order valence-corrected chi connectivity index (χ0v) is 39.4. The Bertz CT molecular complexity index is 2450. The maximum absolute atomic E-state index is 15.4. The van der Waals surface area contributed by atoms with E-state index in [2.05, 4.69) is 86.6 Å². The molecule has 7 N–H and O–H groups in total. The number of anilines is 2. The van der Waals surface area contributed by atoms with E-state index in [0.717, 1.165) is 67.7 Å². The number of likely N-dealkylation sites (N-methyl/N-ethyl adjacent to an activating group) is 1. The number of nitrogens with zero attached hydrogens (tertiary/aromatic N) is 3. The lowest BCUT2D eigenvalue weighted by Crippen LogP contribution is -2.51. The van der Waals surface area contributed by atoms with Gasteiger partial charge in [0.25, 0.3) is 5.60 Å². The Morgan fingerprint density at radius 2 is 1.98 bits per heavy atom. The van der Waals surface area contributed by atoms with Gasteiger partial charge in [-0.15, -0.1) is 0 Å². The molecule has 4 heterocycles. The lowest BCUT2D eigenvalue weighted by atomic mass is 9.69. The van der Waals surface area contributed by atoms with Gasteiger partial charge < -0.3 is 41.8 Å². The van der Waals surface area contributed by atoms with Crippen molar-refractivity contribution < 1.29 is 23.9 Å². The van der Waals surface area contributed by atoms with Crippen LogP contribution in [0.5, 0.6) is 0 Å². The molecule has 2 aromatic heterocycles. The van der Waals surface area contributed by atoms with Crippen molar-refractivity contribution in [3.05, 3.63) is 118 Å². The number of pyridine rings is 2. The number of aromatic nitrogens is 2. The number of epoxide rings is 1. The van der Waals surface area contributed by atoms with Crippen molar-refractivity contribution in [2.45, 2.75) is 108 Å². The van der Waals surface area contributed by atoms with Crippen LogP contribution in [0.2, 0.25) is 0 Å². The molecule has 14 nitrogen and oxygen atoms in total. The molecule has 1 aromatic carbocycles. The molecular weight excluding hydrogens is 831 g/mol. The fraction of sp³-hybridized carbons (Fsp3) is 0.500. The largest absolute Gasteiger partial charge is 0.463 e. The maximum Gasteiger partial charge on any atom is 0.350 e. The average Bonchev–Trinajstić information content (AvgIpc) is 4.06. The minimum Gasteiger partial charge on any atom is -0.463 e. The van der Waals surface area contributed by atoms with Crippen molar-refractivity contribution in [2.24, 2.45) is 22.2 Å². The number of hydrogen-bond donors (Lipinski definition) is 6. The Balaban J connectivity index is 1.13. The summed E-state index contributed by atoms with van der Waals surface area (Å²) >= 11 is 0. The van der Waals surface area contributed by atoms with Gasteiger partial charge in [0.2, 0.25) is 5.78 Å². The molecule has 66 heavy (non-hydrogen) atoms. The summed E-state index contributed by atoms with van der Waals surface area (Å²) in [6.07, 6.45) is 18.5. The Hall–Kier alpha value is -5.70. The summed E-state index contributed by atoms with van der Waals surface area (Å²) in [5.74, 6) is 0.517. The van der Waals surface area contributed by atoms with Gasteiger partial charge in [-0.05, 0) is 124 Å². The fourth-order valence-corrected chi connectivity index (χ4v) is 10.9. The number of aliphatic imine (C=N–C) groups is 1. The summed E-state index contributed by atoms with van der Waals surface area (Å²) in [7, 11) is 3.63. The molecule has 5 aliphatic rings. The number of allylic oxidation sites excluding steroid dienone is 3. The number of rotatable bonds is 17. The molecule has 0 bridgehead atoms. The third-order valence-electron chi connectivity index (χ3n) is 14.2. The van der Waals surface area contributed by atoms with Gasteiger partial charge in [-0.1, -0.05) is 74.9 Å². The monoisotopic (exact) mass is 898 g/mol. The average molecular weight is 898 g/mol. The number of carbonyl (C=O) groups excluding carboxylic acids is 3. The van der Waals surface area contributed by atoms with Crippen LogP contribution in [0.1, 0.15) is 110 Å². The SMILES string of the molecule is CCNC1C=C2C=CCCC2CC1COC(=O)C12OC1(CC=C(C)CC1(c3ccnc(NCNC)c3)CCCNC(=NC)N1)C(=O)c1cccc(CC(C)(C)Cc3ccc(N)nc3)c1C2=O. The molecule has 350 valence electrons. The summed E-state index contributed by atoms with van der Waals surface area (Å²) in [5.41, 5.74) is 6.53. The van der Waals surface area contributed by atoms with Crippen LogP contribution in [0.3, 0.4) is 0 Å². The number of nitrogens with two attached hydrogens (primary N) is 1. The highest BCUT2D eigenvalue weighted by Crippen LogP contribution is 2.59. The molecule has 3 aliphatic carbocycles. The maximum atomic E-state index is 15.4. The number of ether oxygens (including phenoxy) is 2. The van der Waals surface area contributed by atoms with Crippen molar-refractivity contribution in [1.29, 1.82) is 0 Å². The van der Waals surface area contributed by atoms with E-state index in [4.69, 9.17) is 15.2 Å².